The van der Waals surface area contributed by atoms with Crippen molar-refractivity contribution in [3.63, 3.8) is 0 Å². The van der Waals surface area contributed by atoms with E-state index in [1.165, 1.54) is 23.7 Å². The molecule has 1 fully saturated rings. The summed E-state index contributed by atoms with van der Waals surface area (Å²) in [6, 6.07) is 1.52. The highest BCUT2D eigenvalue weighted by molar-refractivity contribution is 4.79. The van der Waals surface area contributed by atoms with Gasteiger partial charge < -0.3 is 4.48 Å². The van der Waals surface area contributed by atoms with Crippen LogP contribution in [0.1, 0.15) is 33.1 Å². The van der Waals surface area contributed by atoms with Crippen molar-refractivity contribution < 1.29 is 4.48 Å². The second-order valence-corrected chi connectivity index (χ2v) is 4.67. The van der Waals surface area contributed by atoms with E-state index in [2.05, 4.69) is 39.2 Å². The monoisotopic (exact) mass is 194 g/mol. The number of hydrogen-bond acceptors (Lipinski definition) is 0. The van der Waals surface area contributed by atoms with E-state index in [1.807, 2.05) is 0 Å². The summed E-state index contributed by atoms with van der Waals surface area (Å²) < 4.78 is 1.17. The summed E-state index contributed by atoms with van der Waals surface area (Å²) in [7, 11) is 0. The van der Waals surface area contributed by atoms with Gasteiger partial charge in [-0.2, -0.15) is 0 Å². The minimum Gasteiger partial charge on any atom is -0.313 e. The third-order valence-corrected chi connectivity index (χ3v) is 3.94. The first-order valence-electron chi connectivity index (χ1n) is 5.75. The van der Waals surface area contributed by atoms with Gasteiger partial charge in [0, 0.05) is 0 Å². The SMILES string of the molecule is C=CC[N+]1(CC=C)[C@@H](C)CCC[C@@H]1C. The van der Waals surface area contributed by atoms with Crippen molar-refractivity contribution in [1.82, 2.24) is 0 Å². The second-order valence-electron chi connectivity index (χ2n) is 4.67. The van der Waals surface area contributed by atoms with Crippen LogP contribution in [0.15, 0.2) is 25.3 Å². The zero-order valence-electron chi connectivity index (χ0n) is 9.71. The lowest BCUT2D eigenvalue weighted by atomic mass is 9.93. The number of likely N-dealkylation sites (tertiary alicyclic amines) is 1. The van der Waals surface area contributed by atoms with Gasteiger partial charge in [-0.05, 0) is 45.3 Å². The smallest absolute Gasteiger partial charge is 0.0977 e. The molecule has 0 N–H and O–H groups in total. The number of hydrogen-bond donors (Lipinski definition) is 0. The third kappa shape index (κ3) is 1.93. The average molecular weight is 194 g/mol. The summed E-state index contributed by atoms with van der Waals surface area (Å²) in [6.45, 7) is 14.7. The van der Waals surface area contributed by atoms with Gasteiger partial charge >= 0.3 is 0 Å². The minimum absolute atomic E-state index is 0.759. The number of quaternary nitrogens is 1. The van der Waals surface area contributed by atoms with Gasteiger partial charge in [-0.25, -0.2) is 0 Å². The quantitative estimate of drug-likeness (QED) is 0.476. The number of piperidine rings is 1. The maximum atomic E-state index is 3.90. The molecule has 1 heterocycles. The molecule has 2 atom stereocenters. The molecule has 0 aliphatic carbocycles. The topological polar surface area (TPSA) is 0 Å². The third-order valence-electron chi connectivity index (χ3n) is 3.94. The van der Waals surface area contributed by atoms with Crippen LogP contribution in [0.3, 0.4) is 0 Å². The highest BCUT2D eigenvalue weighted by Crippen LogP contribution is 2.31. The lowest BCUT2D eigenvalue weighted by Crippen LogP contribution is -2.61. The summed E-state index contributed by atoms with van der Waals surface area (Å²) in [5.41, 5.74) is 0. The highest BCUT2D eigenvalue weighted by atomic mass is 15.4. The molecule has 0 amide bonds. The van der Waals surface area contributed by atoms with Gasteiger partial charge in [0.25, 0.3) is 0 Å². The molecule has 0 radical (unpaired) electrons. The second kappa shape index (κ2) is 4.79. The van der Waals surface area contributed by atoms with Crippen molar-refractivity contribution in [2.45, 2.75) is 45.2 Å². The Bertz CT molecular complexity index is 185. The summed E-state index contributed by atoms with van der Waals surface area (Å²) in [4.78, 5) is 0. The van der Waals surface area contributed by atoms with Gasteiger partial charge in [0.2, 0.25) is 0 Å². The average Bonchev–Trinajstić information content (AvgIpc) is 2.15. The van der Waals surface area contributed by atoms with Crippen LogP contribution in [0.5, 0.6) is 0 Å². The van der Waals surface area contributed by atoms with Crippen LogP contribution in [0.2, 0.25) is 0 Å². The summed E-state index contributed by atoms with van der Waals surface area (Å²) in [6.07, 6.45) is 8.23. The minimum atomic E-state index is 0.759. The van der Waals surface area contributed by atoms with Gasteiger partial charge in [0.15, 0.2) is 0 Å². The van der Waals surface area contributed by atoms with Gasteiger partial charge in [0.05, 0.1) is 25.2 Å². The zero-order chi connectivity index (χ0) is 10.6. The van der Waals surface area contributed by atoms with Crippen molar-refractivity contribution in [2.75, 3.05) is 13.1 Å². The maximum absolute atomic E-state index is 3.90. The normalized spacial score (nSPS) is 31.0. The van der Waals surface area contributed by atoms with Crippen LogP contribution in [0.4, 0.5) is 0 Å². The van der Waals surface area contributed by atoms with Crippen molar-refractivity contribution in [3.8, 4) is 0 Å². The Kier molecular flexibility index (Phi) is 3.94. The lowest BCUT2D eigenvalue weighted by molar-refractivity contribution is -0.965. The molecule has 1 aliphatic rings. The Balaban J connectivity index is 2.87. The molecule has 0 aromatic carbocycles. The Morgan fingerprint density at radius 3 is 1.86 bits per heavy atom. The number of rotatable bonds is 4. The van der Waals surface area contributed by atoms with Gasteiger partial charge in [-0.15, -0.1) is 0 Å². The molecule has 0 saturated carbocycles. The van der Waals surface area contributed by atoms with Gasteiger partial charge in [-0.3, -0.25) is 0 Å². The van der Waals surface area contributed by atoms with Gasteiger partial charge in [0.1, 0.15) is 0 Å². The number of nitrogens with zero attached hydrogens (tertiary/aromatic N) is 1. The van der Waals surface area contributed by atoms with Crippen LogP contribution >= 0.6 is 0 Å². The molecule has 0 unspecified atom stereocenters. The molecule has 1 saturated heterocycles. The van der Waals surface area contributed by atoms with Crippen LogP contribution in [-0.2, 0) is 0 Å². The fourth-order valence-electron chi connectivity index (χ4n) is 2.93. The first kappa shape index (κ1) is 11.5. The molecule has 1 rings (SSSR count). The predicted octanol–water partition coefficient (Wildman–Crippen LogP) is 3.14. The summed E-state index contributed by atoms with van der Waals surface area (Å²) in [5, 5.41) is 0. The van der Waals surface area contributed by atoms with E-state index < -0.39 is 0 Å². The Hall–Kier alpha value is -0.560. The molecule has 80 valence electrons. The van der Waals surface area contributed by atoms with E-state index in [4.69, 9.17) is 0 Å². The molecule has 1 nitrogen and oxygen atoms in total. The van der Waals surface area contributed by atoms with E-state index in [1.54, 1.807) is 0 Å². The van der Waals surface area contributed by atoms with Crippen molar-refractivity contribution in [1.29, 1.82) is 0 Å². The molecule has 1 aliphatic heterocycles. The fourth-order valence-corrected chi connectivity index (χ4v) is 2.93. The maximum Gasteiger partial charge on any atom is 0.0977 e. The van der Waals surface area contributed by atoms with Crippen LogP contribution in [0.25, 0.3) is 0 Å². The first-order chi connectivity index (χ1) is 6.67. The molecule has 0 bridgehead atoms. The van der Waals surface area contributed by atoms with E-state index in [9.17, 15) is 0 Å². The molecule has 0 aromatic heterocycles. The Morgan fingerprint density at radius 1 is 1.07 bits per heavy atom. The molecule has 0 aromatic rings. The molecule has 1 heteroatoms. The summed E-state index contributed by atoms with van der Waals surface area (Å²) >= 11 is 0. The lowest BCUT2D eigenvalue weighted by Gasteiger charge is -2.50. The highest BCUT2D eigenvalue weighted by Gasteiger charge is 2.39. The van der Waals surface area contributed by atoms with Crippen molar-refractivity contribution in [3.05, 3.63) is 25.3 Å². The van der Waals surface area contributed by atoms with E-state index in [0.717, 1.165) is 25.2 Å². The molecular formula is C13H24N+. The Morgan fingerprint density at radius 2 is 1.50 bits per heavy atom. The van der Waals surface area contributed by atoms with E-state index in [0.29, 0.717) is 0 Å². The fraction of sp³-hybridized carbons (Fsp3) is 0.692. The summed E-state index contributed by atoms with van der Waals surface area (Å²) in [5.74, 6) is 0. The van der Waals surface area contributed by atoms with E-state index >= 15 is 0 Å². The Labute approximate surface area is 88.7 Å². The van der Waals surface area contributed by atoms with Crippen molar-refractivity contribution >= 4 is 0 Å². The van der Waals surface area contributed by atoms with E-state index in [-0.39, 0.29) is 0 Å². The van der Waals surface area contributed by atoms with Crippen molar-refractivity contribution in [2.24, 2.45) is 0 Å². The zero-order valence-corrected chi connectivity index (χ0v) is 9.71. The van der Waals surface area contributed by atoms with Crippen LogP contribution in [-0.4, -0.2) is 29.7 Å². The molecule has 14 heavy (non-hydrogen) atoms. The predicted molar refractivity (Wildman–Crippen MR) is 63.2 cm³/mol. The van der Waals surface area contributed by atoms with Crippen LogP contribution in [0, 0.1) is 0 Å². The van der Waals surface area contributed by atoms with Crippen LogP contribution < -0.4 is 0 Å². The van der Waals surface area contributed by atoms with Gasteiger partial charge in [-0.1, -0.05) is 13.2 Å². The standard InChI is InChI=1S/C13H24N/c1-5-10-14(11-6-2)12(3)8-7-9-13(14)4/h5-6,12-13H,1-2,7-11H2,3-4H3/q+1/t12-,13-/m0/s1. The largest absolute Gasteiger partial charge is 0.313 e. The molecule has 0 spiro atoms. The first-order valence-corrected chi connectivity index (χ1v) is 5.75. The molecular weight excluding hydrogens is 170 g/mol.